The lowest BCUT2D eigenvalue weighted by molar-refractivity contribution is -0.128. The average Bonchev–Trinajstić information content (AvgIpc) is 2.48. The molecule has 3 nitrogen and oxygen atoms in total. The first-order valence-electron chi connectivity index (χ1n) is 8.45. The molecule has 2 rings (SSSR count). The number of aldehydes is 3. The van der Waals surface area contributed by atoms with E-state index in [1.165, 1.54) is 12.8 Å². The fourth-order valence-corrected chi connectivity index (χ4v) is 5.37. The van der Waals surface area contributed by atoms with E-state index in [0.29, 0.717) is 30.3 Å². The van der Waals surface area contributed by atoms with Crippen molar-refractivity contribution in [1.29, 1.82) is 0 Å². The van der Waals surface area contributed by atoms with Gasteiger partial charge in [0.05, 0.1) is 5.57 Å². The van der Waals surface area contributed by atoms with Crippen molar-refractivity contribution in [2.45, 2.75) is 59.3 Å². The maximum atomic E-state index is 11.6. The van der Waals surface area contributed by atoms with E-state index in [9.17, 15) is 14.4 Å². The van der Waals surface area contributed by atoms with Crippen LogP contribution < -0.4 is 0 Å². The number of carbonyl (C=O) groups excluding carboxylic acids is 3. The largest absolute Gasteiger partial charge is 0.303 e. The summed E-state index contributed by atoms with van der Waals surface area (Å²) in [6.07, 6.45) is 10.3. The van der Waals surface area contributed by atoms with Gasteiger partial charge >= 0.3 is 0 Å². The molecule has 4 atom stereocenters. The van der Waals surface area contributed by atoms with Crippen LogP contribution in [0, 0.1) is 28.6 Å². The van der Waals surface area contributed by atoms with Gasteiger partial charge in [-0.3, -0.25) is 9.59 Å². The van der Waals surface area contributed by atoms with Crippen LogP contribution in [0.1, 0.15) is 59.3 Å². The topological polar surface area (TPSA) is 51.2 Å². The summed E-state index contributed by atoms with van der Waals surface area (Å²) in [6.45, 7) is 7.03. The van der Waals surface area contributed by atoms with Crippen LogP contribution >= 0.6 is 0 Å². The molecule has 2 saturated carbocycles. The summed E-state index contributed by atoms with van der Waals surface area (Å²) in [5.41, 5.74) is 0.630. The van der Waals surface area contributed by atoms with E-state index >= 15 is 0 Å². The van der Waals surface area contributed by atoms with Crippen molar-refractivity contribution in [1.82, 2.24) is 0 Å². The summed E-state index contributed by atoms with van der Waals surface area (Å²) < 4.78 is 0. The van der Waals surface area contributed by atoms with Crippen molar-refractivity contribution in [3.05, 3.63) is 11.6 Å². The zero-order valence-corrected chi connectivity index (χ0v) is 14.0. The Morgan fingerprint density at radius 1 is 1.05 bits per heavy atom. The van der Waals surface area contributed by atoms with Gasteiger partial charge in [0.15, 0.2) is 12.6 Å². The lowest BCUT2D eigenvalue weighted by Crippen LogP contribution is -2.51. The van der Waals surface area contributed by atoms with Gasteiger partial charge in [0.1, 0.15) is 6.29 Å². The van der Waals surface area contributed by atoms with Crippen molar-refractivity contribution in [3.8, 4) is 0 Å². The molecule has 0 aliphatic heterocycles. The molecule has 0 spiro atoms. The molecular weight excluding hydrogens is 276 g/mol. The van der Waals surface area contributed by atoms with Crippen molar-refractivity contribution in [2.75, 3.05) is 0 Å². The molecule has 3 heteroatoms. The summed E-state index contributed by atoms with van der Waals surface area (Å²) in [6, 6.07) is 0. The van der Waals surface area contributed by atoms with E-state index in [2.05, 4.69) is 20.8 Å². The van der Waals surface area contributed by atoms with Crippen molar-refractivity contribution < 1.29 is 14.4 Å². The van der Waals surface area contributed by atoms with Gasteiger partial charge < -0.3 is 4.79 Å². The monoisotopic (exact) mass is 304 g/mol. The Labute approximate surface area is 133 Å². The molecule has 0 aromatic rings. The molecule has 2 aliphatic rings. The summed E-state index contributed by atoms with van der Waals surface area (Å²) in [4.78, 5) is 33.3. The minimum atomic E-state index is 0.0472. The van der Waals surface area contributed by atoms with Gasteiger partial charge in [-0.05, 0) is 54.8 Å². The molecule has 2 aliphatic carbocycles. The third-order valence-corrected chi connectivity index (χ3v) is 6.48. The molecule has 0 radical (unpaired) electrons. The van der Waals surface area contributed by atoms with Gasteiger partial charge in [0.2, 0.25) is 0 Å². The summed E-state index contributed by atoms with van der Waals surface area (Å²) in [5, 5.41) is 0. The molecular formula is C19H28O3. The summed E-state index contributed by atoms with van der Waals surface area (Å²) in [5.74, 6) is 0.892. The van der Waals surface area contributed by atoms with Crippen LogP contribution in [-0.2, 0) is 14.4 Å². The normalized spacial score (nSPS) is 36.8. The Bertz CT molecular complexity index is 467. The number of carbonyl (C=O) groups is 3. The summed E-state index contributed by atoms with van der Waals surface area (Å²) in [7, 11) is 0. The number of allylic oxidation sites excluding steroid dienone is 2. The minimum Gasteiger partial charge on any atom is -0.303 e. The number of hydrogen-bond acceptors (Lipinski definition) is 3. The Morgan fingerprint density at radius 2 is 1.73 bits per heavy atom. The van der Waals surface area contributed by atoms with E-state index in [1.54, 1.807) is 6.08 Å². The highest BCUT2D eigenvalue weighted by atomic mass is 16.1. The Kier molecular flexibility index (Phi) is 5.03. The molecule has 0 saturated heterocycles. The van der Waals surface area contributed by atoms with Crippen LogP contribution in [0.25, 0.3) is 0 Å². The molecule has 0 bridgehead atoms. The van der Waals surface area contributed by atoms with Crippen molar-refractivity contribution in [3.63, 3.8) is 0 Å². The lowest BCUT2D eigenvalue weighted by atomic mass is 9.46. The second-order valence-corrected chi connectivity index (χ2v) is 8.06. The maximum absolute atomic E-state index is 11.6. The van der Waals surface area contributed by atoms with Crippen LogP contribution in [0.15, 0.2) is 11.6 Å². The molecule has 0 heterocycles. The predicted molar refractivity (Wildman–Crippen MR) is 86.3 cm³/mol. The van der Waals surface area contributed by atoms with E-state index in [0.717, 1.165) is 25.5 Å². The summed E-state index contributed by atoms with van der Waals surface area (Å²) >= 11 is 0. The van der Waals surface area contributed by atoms with Crippen LogP contribution in [0.2, 0.25) is 0 Å². The van der Waals surface area contributed by atoms with Crippen LogP contribution in [0.4, 0.5) is 0 Å². The molecule has 2 fully saturated rings. The fraction of sp³-hybridized carbons (Fsp3) is 0.737. The first kappa shape index (κ1) is 17.1. The molecule has 0 aromatic heterocycles. The number of hydrogen-bond donors (Lipinski definition) is 0. The highest BCUT2D eigenvalue weighted by Gasteiger charge is 2.54. The van der Waals surface area contributed by atoms with Crippen LogP contribution in [0.5, 0.6) is 0 Å². The lowest BCUT2D eigenvalue weighted by Gasteiger charge is -2.58. The molecule has 22 heavy (non-hydrogen) atoms. The van der Waals surface area contributed by atoms with E-state index in [4.69, 9.17) is 0 Å². The average molecular weight is 304 g/mol. The standard InChI is InChI=1S/C19H28O3/c1-18(2)9-4-10-19(3)16(7-5-14(11-20)12-21)15(13-22)6-8-17(18)19/h5,11-13,15-17H,4,6-10H2,1-3H3/t15?,16-,17?,19+/m0/s1. The van der Waals surface area contributed by atoms with Crippen LogP contribution in [0.3, 0.4) is 0 Å². The molecule has 0 aromatic carbocycles. The highest BCUT2D eigenvalue weighted by molar-refractivity contribution is 5.99. The van der Waals surface area contributed by atoms with Gasteiger partial charge in [0.25, 0.3) is 0 Å². The number of fused-ring (bicyclic) bond motifs is 1. The second kappa shape index (κ2) is 6.47. The fourth-order valence-electron chi connectivity index (χ4n) is 5.37. The van der Waals surface area contributed by atoms with Gasteiger partial charge in [0, 0.05) is 5.92 Å². The Hall–Kier alpha value is -1.25. The van der Waals surface area contributed by atoms with Gasteiger partial charge in [-0.25, -0.2) is 0 Å². The molecule has 0 amide bonds. The SMILES string of the molecule is CC1(C)CCC[C@@]2(C)C1CCC(C=O)[C@@H]2CC=C(C=O)C=O. The first-order valence-corrected chi connectivity index (χ1v) is 8.45. The Morgan fingerprint density at radius 3 is 2.32 bits per heavy atom. The van der Waals surface area contributed by atoms with Crippen LogP contribution in [-0.4, -0.2) is 18.9 Å². The zero-order valence-electron chi connectivity index (χ0n) is 14.0. The molecule has 122 valence electrons. The van der Waals surface area contributed by atoms with Crippen molar-refractivity contribution in [2.24, 2.45) is 28.6 Å². The quantitative estimate of drug-likeness (QED) is 0.336. The third kappa shape index (κ3) is 2.95. The smallest absolute Gasteiger partial charge is 0.153 e. The molecule has 0 N–H and O–H groups in total. The third-order valence-electron chi connectivity index (χ3n) is 6.48. The van der Waals surface area contributed by atoms with Gasteiger partial charge in [-0.15, -0.1) is 0 Å². The maximum Gasteiger partial charge on any atom is 0.153 e. The highest BCUT2D eigenvalue weighted by Crippen LogP contribution is 2.61. The van der Waals surface area contributed by atoms with Crippen molar-refractivity contribution >= 4 is 18.9 Å². The second-order valence-electron chi connectivity index (χ2n) is 8.06. The van der Waals surface area contributed by atoms with E-state index < -0.39 is 0 Å². The minimum absolute atomic E-state index is 0.0472. The first-order chi connectivity index (χ1) is 10.4. The Balaban J connectivity index is 2.33. The number of rotatable bonds is 5. The predicted octanol–water partition coefficient (Wildman–Crippen LogP) is 3.76. The van der Waals surface area contributed by atoms with E-state index in [-0.39, 0.29) is 22.8 Å². The molecule has 2 unspecified atom stereocenters. The van der Waals surface area contributed by atoms with Gasteiger partial charge in [-0.1, -0.05) is 33.3 Å². The van der Waals surface area contributed by atoms with E-state index in [1.807, 2.05) is 0 Å². The zero-order chi connectivity index (χ0) is 16.4. The van der Waals surface area contributed by atoms with Gasteiger partial charge in [-0.2, -0.15) is 0 Å².